The van der Waals surface area contributed by atoms with Gasteiger partial charge in [-0.2, -0.15) is 0 Å². The van der Waals surface area contributed by atoms with E-state index < -0.39 is 5.82 Å². The van der Waals surface area contributed by atoms with Crippen LogP contribution in [-0.2, 0) is 19.6 Å². The Morgan fingerprint density at radius 2 is 2.00 bits per heavy atom. The van der Waals surface area contributed by atoms with Crippen molar-refractivity contribution >= 4 is 40.2 Å². The lowest BCUT2D eigenvalue weighted by Crippen LogP contribution is -2.45. The summed E-state index contributed by atoms with van der Waals surface area (Å²) >= 11 is 6.20. The number of fused-ring (bicyclic) bond motifs is 2. The number of phenolic OH excluding ortho intramolecular Hbond substituents is 1. The second-order valence-electron chi connectivity index (χ2n) is 8.39. The topological polar surface area (TPSA) is 86.0 Å². The van der Waals surface area contributed by atoms with Crippen LogP contribution in [0.1, 0.15) is 27.2 Å². The highest BCUT2D eigenvalue weighted by Crippen LogP contribution is 2.32. The van der Waals surface area contributed by atoms with Crippen LogP contribution < -0.4 is 10.2 Å². The number of halogens is 2. The summed E-state index contributed by atoms with van der Waals surface area (Å²) in [6, 6.07) is 15.7. The summed E-state index contributed by atoms with van der Waals surface area (Å²) in [6.07, 6.45) is 0. The zero-order valence-corrected chi connectivity index (χ0v) is 19.5. The van der Waals surface area contributed by atoms with Crippen molar-refractivity contribution in [3.8, 4) is 5.75 Å². The molecule has 1 aromatic heterocycles. The zero-order chi connectivity index (χ0) is 24.7. The lowest BCUT2D eigenvalue weighted by Gasteiger charge is -2.35. The molecule has 0 aliphatic carbocycles. The first-order chi connectivity index (χ1) is 16.8. The number of anilines is 1. The molecule has 178 valence electrons. The molecule has 0 spiro atoms. The summed E-state index contributed by atoms with van der Waals surface area (Å²) in [5, 5.41) is 13.4. The maximum absolute atomic E-state index is 14.5. The Balaban J connectivity index is 1.39. The molecule has 0 bridgehead atoms. The quantitative estimate of drug-likeness (QED) is 0.388. The van der Waals surface area contributed by atoms with E-state index in [0.29, 0.717) is 29.1 Å². The van der Waals surface area contributed by atoms with E-state index >= 15 is 0 Å². The SMILES string of the molecule is CN1Cc2ccc(C(=O)NCc3cc4cc(O)ccc4o3)cc2N(Cc2c(F)cccc2Cl)C1=O. The van der Waals surface area contributed by atoms with Gasteiger partial charge in [-0.05, 0) is 54.1 Å². The molecule has 0 atom stereocenters. The number of hydrogen-bond acceptors (Lipinski definition) is 4. The molecule has 9 heteroatoms. The normalized spacial score (nSPS) is 13.3. The molecule has 3 amide bonds. The van der Waals surface area contributed by atoms with Crippen molar-refractivity contribution in [2.24, 2.45) is 0 Å². The number of rotatable bonds is 5. The van der Waals surface area contributed by atoms with E-state index in [4.69, 9.17) is 16.0 Å². The van der Waals surface area contributed by atoms with Crippen LogP contribution in [0.2, 0.25) is 5.02 Å². The van der Waals surface area contributed by atoms with Crippen molar-refractivity contribution in [1.29, 1.82) is 0 Å². The van der Waals surface area contributed by atoms with Crippen LogP contribution in [0, 0.1) is 5.82 Å². The molecule has 0 radical (unpaired) electrons. The molecule has 0 saturated heterocycles. The molecule has 0 unspecified atom stereocenters. The number of nitrogens with one attached hydrogen (secondary N) is 1. The van der Waals surface area contributed by atoms with Gasteiger partial charge in [-0.3, -0.25) is 9.69 Å². The number of carbonyl (C=O) groups is 2. The molecular weight excluding hydrogens is 473 g/mol. The smallest absolute Gasteiger partial charge is 0.324 e. The molecule has 0 fully saturated rings. The second-order valence-corrected chi connectivity index (χ2v) is 8.79. The van der Waals surface area contributed by atoms with Gasteiger partial charge in [0.05, 0.1) is 18.8 Å². The van der Waals surface area contributed by atoms with E-state index in [9.17, 15) is 19.1 Å². The average molecular weight is 494 g/mol. The lowest BCUT2D eigenvalue weighted by molar-refractivity contribution is 0.0948. The maximum Gasteiger partial charge on any atom is 0.324 e. The number of phenols is 1. The average Bonchev–Trinajstić information content (AvgIpc) is 3.24. The van der Waals surface area contributed by atoms with E-state index in [-0.39, 0.29) is 41.4 Å². The van der Waals surface area contributed by atoms with Crippen LogP contribution in [0.5, 0.6) is 5.75 Å². The van der Waals surface area contributed by atoms with Crippen molar-refractivity contribution < 1.29 is 23.5 Å². The van der Waals surface area contributed by atoms with E-state index in [1.165, 1.54) is 28.0 Å². The van der Waals surface area contributed by atoms with Crippen LogP contribution in [0.3, 0.4) is 0 Å². The third kappa shape index (κ3) is 4.40. The van der Waals surface area contributed by atoms with Crippen LogP contribution >= 0.6 is 11.6 Å². The zero-order valence-electron chi connectivity index (χ0n) is 18.7. The fourth-order valence-corrected chi connectivity index (χ4v) is 4.38. The van der Waals surface area contributed by atoms with Gasteiger partial charge in [-0.25, -0.2) is 9.18 Å². The summed E-state index contributed by atoms with van der Waals surface area (Å²) in [5.74, 6) is -0.201. The molecule has 0 saturated carbocycles. The minimum atomic E-state index is -0.506. The number of carbonyl (C=O) groups excluding carboxylic acids is 2. The predicted molar refractivity (Wildman–Crippen MR) is 130 cm³/mol. The molecule has 1 aliphatic heterocycles. The lowest BCUT2D eigenvalue weighted by atomic mass is 10.0. The number of amides is 3. The van der Waals surface area contributed by atoms with Crippen molar-refractivity contribution in [3.05, 3.63) is 94.0 Å². The highest BCUT2D eigenvalue weighted by Gasteiger charge is 2.30. The van der Waals surface area contributed by atoms with Crippen LogP contribution in [0.4, 0.5) is 14.9 Å². The van der Waals surface area contributed by atoms with Gasteiger partial charge in [0.25, 0.3) is 5.91 Å². The van der Waals surface area contributed by atoms with Gasteiger partial charge in [0.2, 0.25) is 0 Å². The summed E-state index contributed by atoms with van der Waals surface area (Å²) in [4.78, 5) is 28.8. The number of hydrogen-bond donors (Lipinski definition) is 2. The van der Waals surface area contributed by atoms with Gasteiger partial charge in [0.1, 0.15) is 22.9 Å². The van der Waals surface area contributed by atoms with Crippen LogP contribution in [0.15, 0.2) is 65.1 Å². The van der Waals surface area contributed by atoms with Crippen molar-refractivity contribution in [2.45, 2.75) is 19.6 Å². The minimum absolute atomic E-state index is 0.0709. The largest absolute Gasteiger partial charge is 0.508 e. The summed E-state index contributed by atoms with van der Waals surface area (Å²) < 4.78 is 20.2. The van der Waals surface area contributed by atoms with Crippen molar-refractivity contribution in [2.75, 3.05) is 11.9 Å². The monoisotopic (exact) mass is 493 g/mol. The molecule has 5 rings (SSSR count). The van der Waals surface area contributed by atoms with E-state index in [1.807, 2.05) is 0 Å². The van der Waals surface area contributed by atoms with E-state index in [0.717, 1.165) is 10.9 Å². The van der Waals surface area contributed by atoms with Gasteiger partial charge < -0.3 is 19.7 Å². The van der Waals surface area contributed by atoms with Crippen molar-refractivity contribution in [1.82, 2.24) is 10.2 Å². The predicted octanol–water partition coefficient (Wildman–Crippen LogP) is 5.43. The fourth-order valence-electron chi connectivity index (χ4n) is 4.16. The van der Waals surface area contributed by atoms with Gasteiger partial charge >= 0.3 is 6.03 Å². The standard InChI is InChI=1S/C26H21ClFN3O4/c1-30-13-16-6-5-15(25(33)29-12-19-10-17-9-18(32)7-8-24(17)35-19)11-23(16)31(26(30)34)14-20-21(27)3-2-4-22(20)28/h2-11,32H,12-14H2,1H3,(H,29,33). The third-order valence-electron chi connectivity index (χ3n) is 5.96. The number of furan rings is 1. The highest BCUT2D eigenvalue weighted by atomic mass is 35.5. The first-order valence-electron chi connectivity index (χ1n) is 10.9. The molecule has 2 N–H and O–H groups in total. The van der Waals surface area contributed by atoms with Crippen molar-refractivity contribution in [3.63, 3.8) is 0 Å². The first-order valence-corrected chi connectivity index (χ1v) is 11.3. The highest BCUT2D eigenvalue weighted by molar-refractivity contribution is 6.31. The van der Waals surface area contributed by atoms with Crippen LogP contribution in [-0.4, -0.2) is 29.0 Å². The Bertz CT molecular complexity index is 1450. The minimum Gasteiger partial charge on any atom is -0.508 e. The summed E-state index contributed by atoms with van der Waals surface area (Å²) in [6.45, 7) is 0.434. The number of nitrogens with zero attached hydrogens (tertiary/aromatic N) is 2. The molecule has 4 aromatic rings. The molecule has 1 aliphatic rings. The van der Waals surface area contributed by atoms with Gasteiger partial charge in [-0.15, -0.1) is 0 Å². The van der Waals surface area contributed by atoms with Gasteiger partial charge in [0.15, 0.2) is 0 Å². The third-order valence-corrected chi connectivity index (χ3v) is 6.31. The van der Waals surface area contributed by atoms with Crippen LogP contribution in [0.25, 0.3) is 11.0 Å². The van der Waals surface area contributed by atoms with E-state index in [1.54, 1.807) is 49.5 Å². The summed E-state index contributed by atoms with van der Waals surface area (Å²) in [7, 11) is 1.66. The Morgan fingerprint density at radius 3 is 2.80 bits per heavy atom. The Kier molecular flexibility index (Phi) is 5.82. The van der Waals surface area contributed by atoms with E-state index in [2.05, 4.69) is 5.32 Å². The fraction of sp³-hybridized carbons (Fsp3) is 0.154. The molecule has 35 heavy (non-hydrogen) atoms. The molecule has 3 aromatic carbocycles. The number of aromatic hydroxyl groups is 1. The molecule has 7 nitrogen and oxygen atoms in total. The number of urea groups is 1. The Labute approximate surface area is 205 Å². The number of benzene rings is 3. The Hall–Kier alpha value is -4.04. The van der Waals surface area contributed by atoms with Gasteiger partial charge in [0, 0.05) is 35.1 Å². The van der Waals surface area contributed by atoms with Gasteiger partial charge in [-0.1, -0.05) is 23.7 Å². The Morgan fingerprint density at radius 1 is 1.17 bits per heavy atom. The molecule has 2 heterocycles. The second kappa shape index (κ2) is 8.96. The summed E-state index contributed by atoms with van der Waals surface area (Å²) in [5.41, 5.74) is 2.51. The first kappa shape index (κ1) is 22.7. The molecular formula is C26H21ClFN3O4. The maximum atomic E-state index is 14.5.